The van der Waals surface area contributed by atoms with Crippen molar-refractivity contribution in [2.24, 2.45) is 0 Å². The van der Waals surface area contributed by atoms with Gasteiger partial charge in [-0.3, -0.25) is 14.4 Å². The fourth-order valence-corrected chi connectivity index (χ4v) is 6.59. The Bertz CT molecular complexity index is 1250. The number of amides is 2. The minimum Gasteiger partial charge on any atom is -0.456 e. The molecule has 1 atom stereocenters. The number of hydrogen-bond donors (Lipinski definition) is 2. The van der Waals surface area contributed by atoms with Gasteiger partial charge in [0.25, 0.3) is 5.91 Å². The topological polar surface area (TPSA) is 122 Å². The van der Waals surface area contributed by atoms with E-state index in [0.29, 0.717) is 18.8 Å². The number of sulfonamides is 1. The molecule has 1 saturated heterocycles. The molecule has 0 aliphatic carbocycles. The summed E-state index contributed by atoms with van der Waals surface area (Å²) in [6.07, 6.45) is 2.39. The number of hydrogen-bond acceptors (Lipinski definition) is 7. The highest BCUT2D eigenvalue weighted by Gasteiger charge is 2.30. The quantitative estimate of drug-likeness (QED) is 0.518. The summed E-state index contributed by atoms with van der Waals surface area (Å²) < 4.78 is 32.3. The van der Waals surface area contributed by atoms with Crippen molar-refractivity contribution in [2.45, 2.75) is 40.7 Å². The van der Waals surface area contributed by atoms with Gasteiger partial charge in [0.1, 0.15) is 0 Å². The first-order valence-electron chi connectivity index (χ1n) is 11.1. The lowest BCUT2D eigenvalue weighted by molar-refractivity contribution is -0.147. The van der Waals surface area contributed by atoms with Crippen LogP contribution in [0.15, 0.2) is 52.3 Å². The van der Waals surface area contributed by atoms with Crippen molar-refractivity contribution >= 4 is 62.5 Å². The van der Waals surface area contributed by atoms with Crippen LogP contribution in [0.1, 0.15) is 25.7 Å². The van der Waals surface area contributed by atoms with E-state index in [-0.39, 0.29) is 27.9 Å². The summed E-state index contributed by atoms with van der Waals surface area (Å²) in [5, 5.41) is 4.71. The highest BCUT2D eigenvalue weighted by Crippen LogP contribution is 2.36. The van der Waals surface area contributed by atoms with Crippen LogP contribution in [0.3, 0.4) is 0 Å². The van der Waals surface area contributed by atoms with Crippen molar-refractivity contribution in [3.8, 4) is 0 Å². The Morgan fingerprint density at radius 3 is 2.66 bits per heavy atom. The first-order chi connectivity index (χ1) is 16.7. The molecule has 2 heterocycles. The fourth-order valence-electron chi connectivity index (χ4n) is 3.78. The maximum Gasteiger partial charge on any atom is 0.307 e. The Balaban J connectivity index is 1.33. The van der Waals surface area contributed by atoms with E-state index >= 15 is 0 Å². The molecule has 0 saturated carbocycles. The number of nitrogens with one attached hydrogen (secondary N) is 2. The monoisotopic (exact) mass is 537 g/mol. The van der Waals surface area contributed by atoms with Crippen LogP contribution in [0.5, 0.6) is 0 Å². The van der Waals surface area contributed by atoms with Gasteiger partial charge in [0.15, 0.2) is 6.61 Å². The van der Waals surface area contributed by atoms with Crippen LogP contribution < -0.4 is 10.6 Å². The van der Waals surface area contributed by atoms with E-state index in [1.54, 1.807) is 12.1 Å². The van der Waals surface area contributed by atoms with E-state index in [9.17, 15) is 22.8 Å². The molecule has 2 aliphatic rings. The lowest BCUT2D eigenvalue weighted by Gasteiger charge is -2.26. The molecule has 0 aromatic heterocycles. The Hall–Kier alpha value is -2.60. The van der Waals surface area contributed by atoms with Gasteiger partial charge in [-0.2, -0.15) is 4.31 Å². The number of anilines is 2. The number of rotatable bonds is 7. The van der Waals surface area contributed by atoms with E-state index < -0.39 is 33.8 Å². The third-order valence-corrected chi connectivity index (χ3v) is 9.09. The smallest absolute Gasteiger partial charge is 0.307 e. The van der Waals surface area contributed by atoms with Crippen LogP contribution >= 0.6 is 23.4 Å². The molecule has 0 radical (unpaired) electrons. The van der Waals surface area contributed by atoms with E-state index in [1.165, 1.54) is 34.3 Å². The number of benzene rings is 2. The predicted octanol–water partition coefficient (Wildman–Crippen LogP) is 3.50. The molecule has 35 heavy (non-hydrogen) atoms. The number of piperidine rings is 1. The summed E-state index contributed by atoms with van der Waals surface area (Å²) in [6.45, 7) is 0.296. The van der Waals surface area contributed by atoms with Gasteiger partial charge in [-0.25, -0.2) is 8.42 Å². The van der Waals surface area contributed by atoms with Gasteiger partial charge in [-0.1, -0.05) is 30.2 Å². The summed E-state index contributed by atoms with van der Waals surface area (Å²) in [7, 11) is -3.71. The number of para-hydroxylation sites is 1. The Kier molecular flexibility index (Phi) is 8.00. The zero-order valence-electron chi connectivity index (χ0n) is 18.7. The lowest BCUT2D eigenvalue weighted by Crippen LogP contribution is -2.35. The van der Waals surface area contributed by atoms with Crippen molar-refractivity contribution in [1.29, 1.82) is 0 Å². The molecule has 1 fully saturated rings. The molecule has 0 spiro atoms. The number of halogens is 1. The molecule has 0 bridgehead atoms. The van der Waals surface area contributed by atoms with Crippen molar-refractivity contribution in [3.63, 3.8) is 0 Å². The van der Waals surface area contributed by atoms with Gasteiger partial charge in [0, 0.05) is 18.0 Å². The second-order valence-corrected chi connectivity index (χ2v) is 11.7. The molecule has 186 valence electrons. The maximum absolute atomic E-state index is 12.9. The lowest BCUT2D eigenvalue weighted by atomic mass is 10.2. The Morgan fingerprint density at radius 2 is 1.89 bits per heavy atom. The molecule has 2 amide bonds. The van der Waals surface area contributed by atoms with Crippen LogP contribution in [-0.2, 0) is 29.1 Å². The zero-order chi connectivity index (χ0) is 25.0. The largest absolute Gasteiger partial charge is 0.456 e. The van der Waals surface area contributed by atoms with E-state index in [2.05, 4.69) is 10.6 Å². The summed E-state index contributed by atoms with van der Waals surface area (Å²) in [5.74, 6) is -1.70. The standard InChI is InChI=1S/C23H24ClN3O6S2/c24-16-9-8-15(35(31,32)27-10-4-1-5-11-27)12-18(16)25-21(28)14-33-22(29)13-20-23(30)26-17-6-2-3-7-19(17)34-20/h2-3,6-9,12,20H,1,4-5,10-11,13-14H2,(H,25,28)(H,26,30)/t20-/m0/s1. The average Bonchev–Trinajstić information content (AvgIpc) is 2.85. The molecule has 4 rings (SSSR count). The summed E-state index contributed by atoms with van der Waals surface area (Å²) in [6, 6.07) is 11.3. The molecule has 12 heteroatoms. The van der Waals surface area contributed by atoms with Crippen LogP contribution in [-0.4, -0.2) is 55.5 Å². The summed E-state index contributed by atoms with van der Waals surface area (Å²) in [5.41, 5.74) is 0.789. The first kappa shape index (κ1) is 25.5. The van der Waals surface area contributed by atoms with Crippen LogP contribution in [0.2, 0.25) is 5.02 Å². The molecular weight excluding hydrogens is 514 g/mol. The Morgan fingerprint density at radius 1 is 1.14 bits per heavy atom. The zero-order valence-corrected chi connectivity index (χ0v) is 21.0. The molecular formula is C23H24ClN3O6S2. The second kappa shape index (κ2) is 11.0. The maximum atomic E-state index is 12.9. The van der Waals surface area contributed by atoms with Gasteiger partial charge in [0.2, 0.25) is 15.9 Å². The van der Waals surface area contributed by atoms with E-state index in [4.69, 9.17) is 16.3 Å². The van der Waals surface area contributed by atoms with E-state index in [1.807, 2.05) is 12.1 Å². The number of thioether (sulfide) groups is 1. The van der Waals surface area contributed by atoms with E-state index in [0.717, 1.165) is 24.2 Å². The first-order valence-corrected chi connectivity index (χ1v) is 13.8. The number of carbonyl (C=O) groups is 3. The number of esters is 1. The van der Waals surface area contributed by atoms with Gasteiger partial charge in [-0.05, 0) is 43.2 Å². The highest BCUT2D eigenvalue weighted by molar-refractivity contribution is 8.01. The normalized spacial score (nSPS) is 18.3. The van der Waals surface area contributed by atoms with Crippen LogP contribution in [0.4, 0.5) is 11.4 Å². The summed E-state index contributed by atoms with van der Waals surface area (Å²) in [4.78, 5) is 37.7. The molecule has 2 aromatic rings. The summed E-state index contributed by atoms with van der Waals surface area (Å²) >= 11 is 7.40. The molecule has 2 N–H and O–H groups in total. The molecule has 2 aromatic carbocycles. The molecule has 9 nitrogen and oxygen atoms in total. The molecule has 2 aliphatic heterocycles. The second-order valence-electron chi connectivity index (χ2n) is 8.11. The minimum atomic E-state index is -3.71. The average molecular weight is 538 g/mol. The number of ether oxygens (including phenoxy) is 1. The predicted molar refractivity (Wildman–Crippen MR) is 133 cm³/mol. The van der Waals surface area contributed by atoms with Crippen LogP contribution in [0, 0.1) is 0 Å². The van der Waals surface area contributed by atoms with Crippen molar-refractivity contribution < 1.29 is 27.5 Å². The Labute approximate surface area is 212 Å². The number of carbonyl (C=O) groups excluding carboxylic acids is 3. The SMILES string of the molecule is O=C(COC(=O)C[C@@H]1Sc2ccccc2NC1=O)Nc1cc(S(=O)(=O)N2CCCCC2)ccc1Cl. The highest BCUT2D eigenvalue weighted by atomic mass is 35.5. The van der Waals surface area contributed by atoms with Gasteiger partial charge >= 0.3 is 5.97 Å². The number of fused-ring (bicyclic) bond motifs is 1. The fraction of sp³-hybridized carbons (Fsp3) is 0.348. The van der Waals surface area contributed by atoms with Crippen LogP contribution in [0.25, 0.3) is 0 Å². The molecule has 0 unspecified atom stereocenters. The minimum absolute atomic E-state index is 0.0247. The third-order valence-electron chi connectivity index (χ3n) is 5.59. The third kappa shape index (κ3) is 6.16. The van der Waals surface area contributed by atoms with Crippen molar-refractivity contribution in [3.05, 3.63) is 47.5 Å². The van der Waals surface area contributed by atoms with Crippen molar-refractivity contribution in [2.75, 3.05) is 30.3 Å². The van der Waals surface area contributed by atoms with Gasteiger partial charge < -0.3 is 15.4 Å². The van der Waals surface area contributed by atoms with Gasteiger partial charge in [-0.15, -0.1) is 11.8 Å². The van der Waals surface area contributed by atoms with Gasteiger partial charge in [0.05, 0.1) is 33.0 Å². The van der Waals surface area contributed by atoms with Crippen molar-refractivity contribution in [1.82, 2.24) is 4.31 Å². The number of nitrogens with zero attached hydrogens (tertiary/aromatic N) is 1.